The second-order valence-electron chi connectivity index (χ2n) is 8.70. The summed E-state index contributed by atoms with van der Waals surface area (Å²) >= 11 is 7.50. The minimum atomic E-state index is -0.705. The van der Waals surface area contributed by atoms with Gasteiger partial charge in [0.15, 0.2) is 5.43 Å². The summed E-state index contributed by atoms with van der Waals surface area (Å²) in [6, 6.07) is 11.6. The van der Waals surface area contributed by atoms with Crippen LogP contribution in [0.5, 0.6) is 5.75 Å². The Morgan fingerprint density at radius 3 is 2.58 bits per heavy atom. The van der Waals surface area contributed by atoms with Gasteiger partial charge in [0.05, 0.1) is 23.6 Å². The summed E-state index contributed by atoms with van der Waals surface area (Å²) in [7, 11) is 0. The Kier molecular flexibility index (Phi) is 7.07. The van der Waals surface area contributed by atoms with Crippen LogP contribution in [0.3, 0.4) is 0 Å². The zero-order valence-corrected chi connectivity index (χ0v) is 21.7. The zero-order chi connectivity index (χ0) is 25.2. The Balaban J connectivity index is 1.56. The van der Waals surface area contributed by atoms with Gasteiger partial charge in [-0.2, -0.15) is 0 Å². The molecule has 0 saturated heterocycles. The van der Waals surface area contributed by atoms with Crippen molar-refractivity contribution in [3.63, 3.8) is 0 Å². The summed E-state index contributed by atoms with van der Waals surface area (Å²) in [5.41, 5.74) is 1.06. The first kappa shape index (κ1) is 24.5. The Hall–Kier alpha value is -3.23. The average Bonchev–Trinajstić information content (AvgIpc) is 3.47. The molecule has 0 spiro atoms. The number of aryl methyl sites for hydroxylation is 1. The number of amides is 1. The number of aromatic nitrogens is 2. The van der Waals surface area contributed by atoms with E-state index in [1.165, 1.54) is 29.1 Å². The number of unbranched alkanes of at least 4 members (excludes halogenated alkanes) is 3. The topological polar surface area (TPSA) is 85.5 Å². The fourth-order valence-corrected chi connectivity index (χ4v) is 5.39. The number of fused-ring (bicyclic) bond motifs is 2. The van der Waals surface area contributed by atoms with E-state index >= 15 is 0 Å². The second-order valence-corrected chi connectivity index (χ2v) is 10.2. The first-order valence-corrected chi connectivity index (χ1v) is 13.4. The van der Waals surface area contributed by atoms with Crippen LogP contribution in [0.4, 0.5) is 5.13 Å². The molecule has 1 unspecified atom stereocenters. The molecule has 7 nitrogen and oxygen atoms in total. The molecule has 5 rings (SSSR count). The van der Waals surface area contributed by atoms with E-state index < -0.39 is 11.9 Å². The van der Waals surface area contributed by atoms with Crippen LogP contribution in [0, 0.1) is 0 Å². The van der Waals surface area contributed by atoms with E-state index in [0.717, 1.165) is 29.2 Å². The molecule has 3 heterocycles. The molecule has 0 fully saturated rings. The SMILES string of the molecule is CCCCCCOc1ccc(C2c3c(oc4ccc(Cl)cc4c3=O)C(=O)N2c2nnc(CC)s2)cc1. The van der Waals surface area contributed by atoms with Crippen molar-refractivity contribution in [1.29, 1.82) is 0 Å². The van der Waals surface area contributed by atoms with Gasteiger partial charge in [-0.05, 0) is 48.7 Å². The van der Waals surface area contributed by atoms with Gasteiger partial charge < -0.3 is 9.15 Å². The van der Waals surface area contributed by atoms with E-state index in [1.807, 2.05) is 31.2 Å². The maximum atomic E-state index is 13.7. The number of benzene rings is 2. The molecule has 0 N–H and O–H groups in total. The van der Waals surface area contributed by atoms with Gasteiger partial charge in [-0.3, -0.25) is 14.5 Å². The van der Waals surface area contributed by atoms with Crippen molar-refractivity contribution in [3.8, 4) is 5.75 Å². The highest BCUT2D eigenvalue weighted by molar-refractivity contribution is 7.15. The predicted octanol–water partition coefficient (Wildman–Crippen LogP) is 6.57. The lowest BCUT2D eigenvalue weighted by atomic mass is 9.98. The molecule has 1 aliphatic heterocycles. The average molecular weight is 524 g/mol. The molecule has 186 valence electrons. The molecule has 9 heteroatoms. The quantitative estimate of drug-likeness (QED) is 0.231. The smallest absolute Gasteiger partial charge is 0.297 e. The van der Waals surface area contributed by atoms with Gasteiger partial charge in [0, 0.05) is 5.02 Å². The largest absolute Gasteiger partial charge is 0.494 e. The monoisotopic (exact) mass is 523 g/mol. The van der Waals surface area contributed by atoms with Crippen LogP contribution in [-0.4, -0.2) is 22.7 Å². The standard InChI is InChI=1S/C27H26ClN3O4S/c1-3-5-6-7-14-34-18-11-8-16(9-12-18)23-22-24(32)19-15-17(28)10-13-20(19)35-25(22)26(33)31(23)27-30-29-21(4-2)36-27/h8-13,15,23H,3-7,14H2,1-2H3. The molecule has 2 aromatic carbocycles. The predicted molar refractivity (Wildman–Crippen MR) is 142 cm³/mol. The molecule has 1 atom stereocenters. The van der Waals surface area contributed by atoms with Crippen molar-refractivity contribution in [3.05, 3.63) is 79.6 Å². The fraction of sp³-hybridized carbons (Fsp3) is 0.333. The Labute approximate surface area is 217 Å². The van der Waals surface area contributed by atoms with Gasteiger partial charge in [-0.1, -0.05) is 68.2 Å². The molecule has 36 heavy (non-hydrogen) atoms. The van der Waals surface area contributed by atoms with Crippen molar-refractivity contribution < 1.29 is 13.9 Å². The van der Waals surface area contributed by atoms with Crippen molar-refractivity contribution in [2.45, 2.75) is 52.0 Å². The number of carbonyl (C=O) groups excluding carboxylic acids is 1. The molecule has 1 aliphatic rings. The van der Waals surface area contributed by atoms with Crippen LogP contribution in [0.15, 0.2) is 51.7 Å². The summed E-state index contributed by atoms with van der Waals surface area (Å²) in [5.74, 6) is 0.344. The van der Waals surface area contributed by atoms with Crippen molar-refractivity contribution in [1.82, 2.24) is 10.2 Å². The number of hydrogen-bond donors (Lipinski definition) is 0. The number of ether oxygens (including phenoxy) is 1. The molecule has 0 saturated carbocycles. The first-order chi connectivity index (χ1) is 17.5. The molecule has 4 aromatic rings. The molecule has 1 amide bonds. The summed E-state index contributed by atoms with van der Waals surface area (Å²) in [6.07, 6.45) is 5.21. The summed E-state index contributed by atoms with van der Waals surface area (Å²) < 4.78 is 11.9. The van der Waals surface area contributed by atoms with Gasteiger partial charge in [0.25, 0.3) is 5.91 Å². The normalized spacial score (nSPS) is 15.0. The zero-order valence-electron chi connectivity index (χ0n) is 20.1. The third kappa shape index (κ3) is 4.51. The lowest BCUT2D eigenvalue weighted by molar-refractivity contribution is 0.0970. The van der Waals surface area contributed by atoms with E-state index in [9.17, 15) is 9.59 Å². The van der Waals surface area contributed by atoms with Gasteiger partial charge in [0.1, 0.15) is 16.3 Å². The summed E-state index contributed by atoms with van der Waals surface area (Å²) in [5, 5.41) is 10.4. The molecule has 0 bridgehead atoms. The number of carbonyl (C=O) groups is 1. The third-order valence-electron chi connectivity index (χ3n) is 6.26. The maximum absolute atomic E-state index is 13.7. The summed E-state index contributed by atoms with van der Waals surface area (Å²) in [4.78, 5) is 28.8. The minimum Gasteiger partial charge on any atom is -0.494 e. The number of anilines is 1. The maximum Gasteiger partial charge on any atom is 0.297 e. The van der Waals surface area contributed by atoms with Crippen LogP contribution in [-0.2, 0) is 6.42 Å². The summed E-state index contributed by atoms with van der Waals surface area (Å²) in [6.45, 7) is 4.81. The number of nitrogens with zero attached hydrogens (tertiary/aromatic N) is 3. The molecule has 2 aromatic heterocycles. The van der Waals surface area contributed by atoms with Crippen LogP contribution >= 0.6 is 22.9 Å². The van der Waals surface area contributed by atoms with Crippen LogP contribution < -0.4 is 15.1 Å². The third-order valence-corrected chi connectivity index (χ3v) is 7.56. The lowest BCUT2D eigenvalue weighted by Gasteiger charge is -2.22. The Bertz CT molecular complexity index is 1460. The van der Waals surface area contributed by atoms with Gasteiger partial charge in [-0.25, -0.2) is 0 Å². The molecular formula is C27H26ClN3O4S. The van der Waals surface area contributed by atoms with Crippen LogP contribution in [0.2, 0.25) is 5.02 Å². The highest BCUT2D eigenvalue weighted by Gasteiger charge is 2.45. The van der Waals surface area contributed by atoms with E-state index in [2.05, 4.69) is 17.1 Å². The van der Waals surface area contributed by atoms with Gasteiger partial charge in [0.2, 0.25) is 10.9 Å². The van der Waals surface area contributed by atoms with E-state index in [1.54, 1.807) is 18.2 Å². The van der Waals surface area contributed by atoms with E-state index in [0.29, 0.717) is 34.2 Å². The lowest BCUT2D eigenvalue weighted by Crippen LogP contribution is -2.29. The van der Waals surface area contributed by atoms with Gasteiger partial charge >= 0.3 is 0 Å². The minimum absolute atomic E-state index is 0.0179. The van der Waals surface area contributed by atoms with E-state index in [4.69, 9.17) is 20.8 Å². The van der Waals surface area contributed by atoms with E-state index in [-0.39, 0.29) is 16.8 Å². The number of halogens is 1. The highest BCUT2D eigenvalue weighted by atomic mass is 35.5. The fourth-order valence-electron chi connectivity index (χ4n) is 4.41. The van der Waals surface area contributed by atoms with Gasteiger partial charge in [-0.15, -0.1) is 10.2 Å². The van der Waals surface area contributed by atoms with Crippen molar-refractivity contribution >= 4 is 44.9 Å². The molecule has 0 aliphatic carbocycles. The molecule has 0 radical (unpaired) electrons. The Morgan fingerprint density at radius 1 is 1.06 bits per heavy atom. The Morgan fingerprint density at radius 2 is 1.86 bits per heavy atom. The highest BCUT2D eigenvalue weighted by Crippen LogP contribution is 2.42. The van der Waals surface area contributed by atoms with Crippen molar-refractivity contribution in [2.75, 3.05) is 11.5 Å². The number of hydrogen-bond acceptors (Lipinski definition) is 7. The van der Waals surface area contributed by atoms with Crippen LogP contribution in [0.25, 0.3) is 11.0 Å². The van der Waals surface area contributed by atoms with Crippen LogP contribution in [0.1, 0.15) is 72.3 Å². The second kappa shape index (κ2) is 10.4. The molecular weight excluding hydrogens is 498 g/mol. The number of rotatable bonds is 9. The first-order valence-electron chi connectivity index (χ1n) is 12.2. The van der Waals surface area contributed by atoms with Crippen molar-refractivity contribution in [2.24, 2.45) is 0 Å².